The maximum absolute atomic E-state index is 13.1. The lowest BCUT2D eigenvalue weighted by Crippen LogP contribution is -2.28. The van der Waals surface area contributed by atoms with Crippen LogP contribution < -0.4 is 10.2 Å². The number of ether oxygens (including phenoxy) is 2. The van der Waals surface area contributed by atoms with Crippen LogP contribution in [0.5, 0.6) is 5.75 Å². The van der Waals surface area contributed by atoms with E-state index < -0.39 is 12.1 Å². The lowest BCUT2D eigenvalue weighted by Gasteiger charge is -2.16. The van der Waals surface area contributed by atoms with Gasteiger partial charge in [0.05, 0.1) is 12.0 Å². The zero-order valence-electron chi connectivity index (χ0n) is 14.9. The third kappa shape index (κ3) is 3.47. The molecule has 0 N–H and O–H groups in total. The Hall–Kier alpha value is -3.08. The Balaban J connectivity index is 2.19. The summed E-state index contributed by atoms with van der Waals surface area (Å²) >= 11 is 0. The molecule has 0 aliphatic rings. The van der Waals surface area contributed by atoms with E-state index in [2.05, 4.69) is 0 Å². The van der Waals surface area contributed by atoms with Crippen molar-refractivity contribution in [2.24, 2.45) is 0 Å². The van der Waals surface area contributed by atoms with Gasteiger partial charge in [0.25, 0.3) is 0 Å². The second-order valence-electron chi connectivity index (χ2n) is 5.97. The van der Waals surface area contributed by atoms with Gasteiger partial charge in [0, 0.05) is 5.56 Å². The summed E-state index contributed by atoms with van der Waals surface area (Å²) in [7, 11) is 0. The van der Waals surface area contributed by atoms with Crippen LogP contribution in [-0.2, 0) is 9.53 Å². The van der Waals surface area contributed by atoms with Gasteiger partial charge in [-0.2, -0.15) is 0 Å². The lowest BCUT2D eigenvalue weighted by molar-refractivity contribution is -0.150. The summed E-state index contributed by atoms with van der Waals surface area (Å²) < 4.78 is 16.7. The Labute approximate surface area is 151 Å². The van der Waals surface area contributed by atoms with Crippen LogP contribution in [0.25, 0.3) is 22.3 Å². The first kappa shape index (κ1) is 17.7. The zero-order valence-corrected chi connectivity index (χ0v) is 14.9. The average molecular weight is 352 g/mol. The number of esters is 1. The van der Waals surface area contributed by atoms with E-state index in [1.165, 1.54) is 0 Å². The summed E-state index contributed by atoms with van der Waals surface area (Å²) in [5, 5.41) is 0.413. The Kier molecular flexibility index (Phi) is 5.07. The van der Waals surface area contributed by atoms with E-state index in [0.29, 0.717) is 22.3 Å². The summed E-state index contributed by atoms with van der Waals surface area (Å²) in [5.41, 5.74) is 1.78. The number of benzene rings is 2. The number of carbonyl (C=O) groups excluding carboxylic acids is 1. The summed E-state index contributed by atoms with van der Waals surface area (Å²) in [6.45, 7) is 5.40. The van der Waals surface area contributed by atoms with Crippen LogP contribution in [0.1, 0.15) is 19.4 Å². The maximum atomic E-state index is 13.1. The molecule has 1 atom stereocenters. The van der Waals surface area contributed by atoms with Gasteiger partial charge in [-0.15, -0.1) is 0 Å². The van der Waals surface area contributed by atoms with Crippen molar-refractivity contribution in [1.82, 2.24) is 0 Å². The molecule has 0 saturated carbocycles. The molecule has 134 valence electrons. The Morgan fingerprint density at radius 3 is 2.58 bits per heavy atom. The van der Waals surface area contributed by atoms with Gasteiger partial charge in [0.1, 0.15) is 5.58 Å². The van der Waals surface area contributed by atoms with Crippen molar-refractivity contribution < 1.29 is 18.7 Å². The fourth-order valence-electron chi connectivity index (χ4n) is 2.66. The Bertz CT molecular complexity index is 988. The van der Waals surface area contributed by atoms with Crippen LogP contribution in [0.4, 0.5) is 0 Å². The monoisotopic (exact) mass is 352 g/mol. The van der Waals surface area contributed by atoms with E-state index in [4.69, 9.17) is 13.9 Å². The van der Waals surface area contributed by atoms with Gasteiger partial charge in [0.2, 0.25) is 11.2 Å². The molecule has 0 spiro atoms. The third-order valence-corrected chi connectivity index (χ3v) is 3.95. The molecule has 5 nitrogen and oxygen atoms in total. The first-order valence-corrected chi connectivity index (χ1v) is 8.47. The number of aryl methyl sites for hydroxylation is 1. The largest absolute Gasteiger partial charge is 0.471 e. The summed E-state index contributed by atoms with van der Waals surface area (Å²) in [6.07, 6.45) is -0.928. The van der Waals surface area contributed by atoms with Crippen molar-refractivity contribution in [3.8, 4) is 17.1 Å². The van der Waals surface area contributed by atoms with E-state index in [9.17, 15) is 9.59 Å². The normalized spacial score (nSPS) is 12.0. The molecule has 0 amide bonds. The molecule has 1 aromatic heterocycles. The summed E-state index contributed by atoms with van der Waals surface area (Å²) in [5.74, 6) is -0.229. The van der Waals surface area contributed by atoms with Crippen molar-refractivity contribution in [2.45, 2.75) is 26.9 Å². The maximum Gasteiger partial charge on any atom is 0.347 e. The van der Waals surface area contributed by atoms with Crippen molar-refractivity contribution >= 4 is 16.9 Å². The summed E-state index contributed by atoms with van der Waals surface area (Å²) in [6, 6.07) is 14.6. The minimum Gasteiger partial charge on any atom is -0.471 e. The van der Waals surface area contributed by atoms with Crippen LogP contribution in [-0.4, -0.2) is 18.7 Å². The molecule has 0 fully saturated rings. The van der Waals surface area contributed by atoms with Gasteiger partial charge < -0.3 is 13.9 Å². The molecule has 2 aromatic carbocycles. The zero-order chi connectivity index (χ0) is 18.7. The molecule has 3 aromatic rings. The number of hydrogen-bond acceptors (Lipinski definition) is 5. The predicted octanol–water partition coefficient (Wildman–Crippen LogP) is 4.10. The second kappa shape index (κ2) is 7.44. The Morgan fingerprint density at radius 2 is 1.88 bits per heavy atom. The molecule has 3 rings (SSSR count). The molecule has 0 aliphatic carbocycles. The van der Waals surface area contributed by atoms with E-state index in [-0.39, 0.29) is 17.8 Å². The first-order valence-electron chi connectivity index (χ1n) is 8.47. The van der Waals surface area contributed by atoms with Crippen LogP contribution in [0.2, 0.25) is 0 Å². The quantitative estimate of drug-likeness (QED) is 0.647. The molecule has 0 radical (unpaired) electrons. The number of hydrogen-bond donors (Lipinski definition) is 0. The number of rotatable bonds is 5. The smallest absolute Gasteiger partial charge is 0.347 e. The van der Waals surface area contributed by atoms with Crippen LogP contribution in [0.15, 0.2) is 57.7 Å². The van der Waals surface area contributed by atoms with Crippen molar-refractivity contribution in [2.75, 3.05) is 6.61 Å². The van der Waals surface area contributed by atoms with Gasteiger partial charge in [-0.25, -0.2) is 4.79 Å². The van der Waals surface area contributed by atoms with Crippen LogP contribution >= 0.6 is 0 Å². The highest BCUT2D eigenvalue weighted by Gasteiger charge is 2.23. The highest BCUT2D eigenvalue weighted by Crippen LogP contribution is 2.31. The van der Waals surface area contributed by atoms with E-state index in [1.54, 1.807) is 26.0 Å². The molecule has 0 bridgehead atoms. The highest BCUT2D eigenvalue weighted by atomic mass is 16.6. The van der Waals surface area contributed by atoms with Gasteiger partial charge in [-0.05, 0) is 32.9 Å². The second-order valence-corrected chi connectivity index (χ2v) is 5.97. The molecule has 5 heteroatoms. The van der Waals surface area contributed by atoms with Crippen molar-refractivity contribution in [3.05, 3.63) is 64.3 Å². The SMILES string of the molecule is CCOC(=O)C(C)Oc1c(-c2ccccc2)oc2ccc(C)cc2c1=O. The molecule has 1 heterocycles. The van der Waals surface area contributed by atoms with Crippen molar-refractivity contribution in [1.29, 1.82) is 0 Å². The fraction of sp³-hybridized carbons (Fsp3) is 0.238. The van der Waals surface area contributed by atoms with Crippen molar-refractivity contribution in [3.63, 3.8) is 0 Å². The standard InChI is InChI=1S/C21H20O5/c1-4-24-21(23)14(3)25-20-18(22)16-12-13(2)10-11-17(16)26-19(20)15-8-6-5-7-9-15/h5-12,14H,4H2,1-3H3. The molecule has 0 saturated heterocycles. The molecule has 0 aliphatic heterocycles. The molecular formula is C21H20O5. The Morgan fingerprint density at radius 1 is 1.15 bits per heavy atom. The van der Waals surface area contributed by atoms with Crippen LogP contribution in [0.3, 0.4) is 0 Å². The molecule has 1 unspecified atom stereocenters. The summed E-state index contributed by atoms with van der Waals surface area (Å²) in [4.78, 5) is 25.0. The molecule has 26 heavy (non-hydrogen) atoms. The first-order chi connectivity index (χ1) is 12.5. The minimum absolute atomic E-state index is 0.00912. The predicted molar refractivity (Wildman–Crippen MR) is 99.4 cm³/mol. The van der Waals surface area contributed by atoms with Gasteiger partial charge in [-0.1, -0.05) is 42.0 Å². The van der Waals surface area contributed by atoms with Gasteiger partial charge in [-0.3, -0.25) is 4.79 Å². The van der Waals surface area contributed by atoms with E-state index >= 15 is 0 Å². The van der Waals surface area contributed by atoms with Crippen LogP contribution in [0, 0.1) is 6.92 Å². The third-order valence-electron chi connectivity index (χ3n) is 3.95. The average Bonchev–Trinajstić information content (AvgIpc) is 2.65. The van der Waals surface area contributed by atoms with Gasteiger partial charge in [0.15, 0.2) is 11.9 Å². The minimum atomic E-state index is -0.928. The number of carbonyl (C=O) groups is 1. The fourth-order valence-corrected chi connectivity index (χ4v) is 2.66. The topological polar surface area (TPSA) is 65.7 Å². The highest BCUT2D eigenvalue weighted by molar-refractivity contribution is 5.83. The van der Waals surface area contributed by atoms with Gasteiger partial charge >= 0.3 is 5.97 Å². The van der Waals surface area contributed by atoms with E-state index in [0.717, 1.165) is 5.56 Å². The van der Waals surface area contributed by atoms with E-state index in [1.807, 2.05) is 43.3 Å². The molecular weight excluding hydrogens is 332 g/mol. The number of fused-ring (bicyclic) bond motifs is 1. The lowest BCUT2D eigenvalue weighted by atomic mass is 10.1.